The summed E-state index contributed by atoms with van der Waals surface area (Å²) in [6.45, 7) is 2.48. The fourth-order valence-electron chi connectivity index (χ4n) is 5.05. The lowest BCUT2D eigenvalue weighted by atomic mass is 10.1. The standard InChI is InChI=1S/C31H35N7O6/c1-4-35-28(41)24(26(32)37(30(35)43)16-20-12-8-6-9-13-20)22(39)18-34(3)19-23(40)25-27(33)38(17-21-14-10-7-11-15-21)31(44)36(5-2)29(25)42/h6-15H,4-5,16-19,32-33H2,1-3H3. The van der Waals surface area contributed by atoms with E-state index in [9.17, 15) is 28.8 Å². The van der Waals surface area contributed by atoms with E-state index in [4.69, 9.17) is 11.5 Å². The summed E-state index contributed by atoms with van der Waals surface area (Å²) in [6.07, 6.45) is 0. The number of likely N-dealkylation sites (N-methyl/N-ethyl adjacent to an activating group) is 1. The van der Waals surface area contributed by atoms with Crippen LogP contribution in [0, 0.1) is 0 Å². The summed E-state index contributed by atoms with van der Waals surface area (Å²) in [5, 5.41) is 0. The first-order chi connectivity index (χ1) is 21.0. The zero-order chi connectivity index (χ0) is 32.1. The summed E-state index contributed by atoms with van der Waals surface area (Å²) in [5.74, 6) is -1.97. The van der Waals surface area contributed by atoms with Gasteiger partial charge in [-0.15, -0.1) is 0 Å². The first-order valence-corrected chi connectivity index (χ1v) is 14.1. The van der Waals surface area contributed by atoms with Gasteiger partial charge in [-0.05, 0) is 32.0 Å². The van der Waals surface area contributed by atoms with Gasteiger partial charge >= 0.3 is 11.4 Å². The van der Waals surface area contributed by atoms with Gasteiger partial charge in [0.15, 0.2) is 11.6 Å². The Labute approximate surface area is 252 Å². The molecule has 4 aromatic rings. The van der Waals surface area contributed by atoms with E-state index in [1.54, 1.807) is 62.4 Å². The van der Waals surface area contributed by atoms with Gasteiger partial charge in [-0.25, -0.2) is 9.59 Å². The molecule has 0 bridgehead atoms. The molecule has 13 nitrogen and oxygen atoms in total. The number of hydrogen-bond donors (Lipinski definition) is 2. The number of hydrogen-bond acceptors (Lipinski definition) is 9. The van der Waals surface area contributed by atoms with Crippen LogP contribution in [0.4, 0.5) is 11.6 Å². The zero-order valence-corrected chi connectivity index (χ0v) is 24.9. The molecule has 0 amide bonds. The third kappa shape index (κ3) is 6.22. The fraction of sp³-hybridized carbons (Fsp3) is 0.290. The van der Waals surface area contributed by atoms with Crippen LogP contribution in [0.15, 0.2) is 79.8 Å². The molecule has 0 atom stereocenters. The van der Waals surface area contributed by atoms with E-state index < -0.39 is 47.2 Å². The van der Waals surface area contributed by atoms with Gasteiger partial charge in [-0.1, -0.05) is 60.7 Å². The predicted molar refractivity (Wildman–Crippen MR) is 167 cm³/mol. The SMILES string of the molecule is CCn1c(=O)c(C(=O)CN(C)CC(=O)c2c(N)n(Cc3ccccc3)c(=O)n(CC)c2=O)c(N)n(Cc2ccccc2)c1=O. The smallest absolute Gasteiger partial charge is 0.332 e. The van der Waals surface area contributed by atoms with E-state index in [2.05, 4.69) is 0 Å². The summed E-state index contributed by atoms with van der Waals surface area (Å²) in [6, 6.07) is 17.9. The number of carbonyl (C=O) groups excluding carboxylic acids is 2. The lowest BCUT2D eigenvalue weighted by Crippen LogP contribution is -2.46. The van der Waals surface area contributed by atoms with Crippen molar-refractivity contribution in [1.29, 1.82) is 0 Å². The highest BCUT2D eigenvalue weighted by Crippen LogP contribution is 2.13. The number of carbonyl (C=O) groups is 2. The quantitative estimate of drug-likeness (QED) is 0.221. The van der Waals surface area contributed by atoms with Gasteiger partial charge in [0.25, 0.3) is 11.1 Å². The van der Waals surface area contributed by atoms with Crippen LogP contribution in [-0.4, -0.2) is 54.9 Å². The Morgan fingerprint density at radius 2 is 0.955 bits per heavy atom. The highest BCUT2D eigenvalue weighted by molar-refractivity contribution is 6.03. The first kappa shape index (κ1) is 31.6. The van der Waals surface area contributed by atoms with Crippen molar-refractivity contribution in [2.24, 2.45) is 0 Å². The molecule has 0 unspecified atom stereocenters. The van der Waals surface area contributed by atoms with E-state index in [0.29, 0.717) is 0 Å². The number of nitrogen functional groups attached to an aromatic ring is 2. The molecule has 0 aliphatic rings. The van der Waals surface area contributed by atoms with Crippen LogP contribution in [0.2, 0.25) is 0 Å². The maximum atomic E-state index is 13.4. The summed E-state index contributed by atoms with van der Waals surface area (Å²) in [5.41, 5.74) is 10.3. The number of nitrogens with two attached hydrogens (primary N) is 2. The number of Topliss-reactive ketones (excluding diaryl/α,β-unsaturated/α-hetero) is 2. The molecule has 0 aliphatic heterocycles. The Balaban J connectivity index is 1.64. The molecule has 0 fully saturated rings. The van der Waals surface area contributed by atoms with Crippen LogP contribution in [-0.2, 0) is 26.2 Å². The number of rotatable bonds is 12. The summed E-state index contributed by atoms with van der Waals surface area (Å²) >= 11 is 0. The Morgan fingerprint density at radius 1 is 0.614 bits per heavy atom. The zero-order valence-electron chi connectivity index (χ0n) is 24.9. The second kappa shape index (κ2) is 13.3. The maximum Gasteiger partial charge on any atom is 0.332 e. The van der Waals surface area contributed by atoms with Gasteiger partial charge in [0.1, 0.15) is 22.8 Å². The van der Waals surface area contributed by atoms with Crippen LogP contribution in [0.25, 0.3) is 0 Å². The number of nitrogens with zero attached hydrogens (tertiary/aromatic N) is 5. The highest BCUT2D eigenvalue weighted by Gasteiger charge is 2.26. The number of benzene rings is 2. The molecule has 4 N–H and O–H groups in total. The third-order valence-corrected chi connectivity index (χ3v) is 7.32. The Hall–Kier alpha value is -5.30. The molecule has 2 aromatic carbocycles. The molecule has 0 spiro atoms. The predicted octanol–water partition coefficient (Wildman–Crippen LogP) is 0.632. The van der Waals surface area contributed by atoms with Crippen molar-refractivity contribution < 1.29 is 9.59 Å². The van der Waals surface area contributed by atoms with Crippen molar-refractivity contribution in [3.8, 4) is 0 Å². The lowest BCUT2D eigenvalue weighted by molar-refractivity contribution is 0.0893. The summed E-state index contributed by atoms with van der Waals surface area (Å²) < 4.78 is 4.20. The van der Waals surface area contributed by atoms with Crippen molar-refractivity contribution in [3.05, 3.63) is 125 Å². The second-order valence-corrected chi connectivity index (χ2v) is 10.3. The molecular formula is C31H35N7O6. The lowest BCUT2D eigenvalue weighted by Gasteiger charge is -2.19. The van der Waals surface area contributed by atoms with Gasteiger partial charge < -0.3 is 11.5 Å². The molecule has 44 heavy (non-hydrogen) atoms. The molecule has 2 aromatic heterocycles. The molecular weight excluding hydrogens is 566 g/mol. The van der Waals surface area contributed by atoms with Gasteiger partial charge in [0.05, 0.1) is 26.2 Å². The van der Waals surface area contributed by atoms with E-state index in [1.165, 1.54) is 21.1 Å². The molecule has 2 heterocycles. The Kier molecular flexibility index (Phi) is 9.59. The Morgan fingerprint density at radius 3 is 1.27 bits per heavy atom. The highest BCUT2D eigenvalue weighted by atomic mass is 16.2. The van der Waals surface area contributed by atoms with Crippen LogP contribution in [0.1, 0.15) is 45.7 Å². The van der Waals surface area contributed by atoms with Crippen molar-refractivity contribution in [3.63, 3.8) is 0 Å². The molecule has 13 heteroatoms. The normalized spacial score (nSPS) is 11.2. The maximum absolute atomic E-state index is 13.4. The largest absolute Gasteiger partial charge is 0.384 e. The van der Waals surface area contributed by atoms with E-state index in [1.807, 2.05) is 12.1 Å². The molecule has 0 radical (unpaired) electrons. The van der Waals surface area contributed by atoms with E-state index >= 15 is 0 Å². The summed E-state index contributed by atoms with van der Waals surface area (Å²) in [4.78, 5) is 80.6. The van der Waals surface area contributed by atoms with Gasteiger partial charge in [-0.2, -0.15) is 0 Å². The monoisotopic (exact) mass is 601 g/mol. The minimum absolute atomic E-state index is 0.0169. The average Bonchev–Trinajstić information content (AvgIpc) is 2.99. The Bertz CT molecular complexity index is 1800. The van der Waals surface area contributed by atoms with Crippen molar-refractivity contribution >= 4 is 23.2 Å². The molecule has 230 valence electrons. The number of ketones is 2. The number of aromatic nitrogens is 4. The van der Waals surface area contributed by atoms with Crippen molar-refractivity contribution in [2.45, 2.75) is 40.0 Å². The second-order valence-electron chi connectivity index (χ2n) is 10.3. The van der Waals surface area contributed by atoms with Gasteiger partial charge in [0.2, 0.25) is 0 Å². The van der Waals surface area contributed by atoms with Gasteiger partial charge in [-0.3, -0.25) is 42.3 Å². The summed E-state index contributed by atoms with van der Waals surface area (Å²) in [7, 11) is 1.46. The first-order valence-electron chi connectivity index (χ1n) is 14.1. The molecule has 0 saturated carbocycles. The van der Waals surface area contributed by atoms with Crippen LogP contribution in [0.3, 0.4) is 0 Å². The third-order valence-electron chi connectivity index (χ3n) is 7.32. The van der Waals surface area contributed by atoms with E-state index in [0.717, 1.165) is 20.3 Å². The minimum atomic E-state index is -0.827. The molecule has 4 rings (SSSR count). The van der Waals surface area contributed by atoms with Crippen molar-refractivity contribution in [2.75, 3.05) is 31.6 Å². The van der Waals surface area contributed by atoms with Crippen molar-refractivity contribution in [1.82, 2.24) is 23.2 Å². The van der Waals surface area contributed by atoms with E-state index in [-0.39, 0.29) is 48.9 Å². The minimum Gasteiger partial charge on any atom is -0.384 e. The van der Waals surface area contributed by atoms with Gasteiger partial charge in [0, 0.05) is 13.1 Å². The van der Waals surface area contributed by atoms with Crippen LogP contribution < -0.4 is 34.0 Å². The molecule has 0 saturated heterocycles. The van der Waals surface area contributed by atoms with Crippen LogP contribution in [0.5, 0.6) is 0 Å². The topological polar surface area (TPSA) is 177 Å². The average molecular weight is 602 g/mol. The number of anilines is 2. The fourth-order valence-corrected chi connectivity index (χ4v) is 5.05. The molecule has 0 aliphatic carbocycles. The van der Waals surface area contributed by atoms with Crippen LogP contribution >= 0.6 is 0 Å².